The lowest BCUT2D eigenvalue weighted by Crippen LogP contribution is -2.58. The minimum Gasteiger partial charge on any atom is -0.383 e. The van der Waals surface area contributed by atoms with E-state index in [1.807, 2.05) is 0 Å². The summed E-state index contributed by atoms with van der Waals surface area (Å²) in [6.07, 6.45) is 8.11. The van der Waals surface area contributed by atoms with Gasteiger partial charge in [-0.1, -0.05) is 6.92 Å². The summed E-state index contributed by atoms with van der Waals surface area (Å²) in [5.41, 5.74) is 5.97. The smallest absolute Gasteiger partial charge is 0.226 e. The van der Waals surface area contributed by atoms with Crippen molar-refractivity contribution in [3.8, 4) is 0 Å². The second kappa shape index (κ2) is 5.54. The fraction of sp³-hybridized carbons (Fsp3) is 0.941. The molecule has 0 heterocycles. The number of carbonyl (C=O) groups is 1. The fourth-order valence-corrected chi connectivity index (χ4v) is 5.92. The summed E-state index contributed by atoms with van der Waals surface area (Å²) in [5.74, 6) is 1.83. The van der Waals surface area contributed by atoms with E-state index in [0.717, 1.165) is 37.5 Å². The predicted molar refractivity (Wildman–Crippen MR) is 82.7 cm³/mol. The van der Waals surface area contributed by atoms with Crippen molar-refractivity contribution in [2.24, 2.45) is 28.4 Å². The quantitative estimate of drug-likeness (QED) is 0.788. The van der Waals surface area contributed by atoms with Crippen molar-refractivity contribution >= 4 is 5.91 Å². The Kier molecular flexibility index (Phi) is 4.04. The minimum absolute atomic E-state index is 0.0633. The van der Waals surface area contributed by atoms with E-state index >= 15 is 0 Å². The molecule has 1 amide bonds. The average molecular weight is 294 g/mol. The van der Waals surface area contributed by atoms with Gasteiger partial charge in [0.15, 0.2) is 0 Å². The number of hydrogen-bond donors (Lipinski definition) is 2. The third-order valence-corrected chi connectivity index (χ3v) is 6.05. The summed E-state index contributed by atoms with van der Waals surface area (Å²) in [5, 5.41) is 3.25. The molecule has 4 heteroatoms. The molecule has 3 unspecified atom stereocenters. The van der Waals surface area contributed by atoms with Gasteiger partial charge in [-0.2, -0.15) is 0 Å². The molecule has 120 valence electrons. The second-order valence-corrected chi connectivity index (χ2v) is 8.26. The zero-order valence-corrected chi connectivity index (χ0v) is 13.5. The molecule has 4 aliphatic carbocycles. The standard InChI is InChI=1S/C17H30N2O2/c1-16-6-12-5-13(7-16)9-17(8-12,11-16)15(20)19-14(3-4-18)10-21-2/h12-14H,3-11,18H2,1-2H3,(H,19,20). The van der Waals surface area contributed by atoms with Crippen LogP contribution in [0, 0.1) is 22.7 Å². The molecule has 0 radical (unpaired) electrons. The van der Waals surface area contributed by atoms with Crippen LogP contribution in [0.25, 0.3) is 0 Å². The number of amides is 1. The van der Waals surface area contributed by atoms with Gasteiger partial charge in [-0.3, -0.25) is 4.79 Å². The van der Waals surface area contributed by atoms with Gasteiger partial charge in [-0.15, -0.1) is 0 Å². The van der Waals surface area contributed by atoms with Crippen LogP contribution in [0.1, 0.15) is 51.9 Å². The number of methoxy groups -OCH3 is 1. The van der Waals surface area contributed by atoms with Gasteiger partial charge in [0, 0.05) is 7.11 Å². The van der Waals surface area contributed by atoms with E-state index in [1.165, 1.54) is 19.3 Å². The van der Waals surface area contributed by atoms with Gasteiger partial charge in [0.1, 0.15) is 0 Å². The molecule has 4 saturated carbocycles. The lowest BCUT2D eigenvalue weighted by atomic mass is 9.44. The van der Waals surface area contributed by atoms with E-state index < -0.39 is 0 Å². The first-order valence-corrected chi connectivity index (χ1v) is 8.49. The first kappa shape index (κ1) is 15.3. The lowest BCUT2D eigenvalue weighted by Gasteiger charge is -2.60. The number of hydrogen-bond acceptors (Lipinski definition) is 3. The maximum Gasteiger partial charge on any atom is 0.226 e. The van der Waals surface area contributed by atoms with Crippen molar-refractivity contribution in [2.75, 3.05) is 20.3 Å². The highest BCUT2D eigenvalue weighted by Gasteiger charge is 2.58. The SMILES string of the molecule is COCC(CCN)NC(=O)C12CC3CC(CC(C)(C3)C1)C2. The number of nitrogens with one attached hydrogen (secondary N) is 1. The molecule has 3 atom stereocenters. The van der Waals surface area contributed by atoms with Crippen LogP contribution in [0.4, 0.5) is 0 Å². The maximum atomic E-state index is 13.0. The molecule has 0 aromatic carbocycles. The van der Waals surface area contributed by atoms with Crippen molar-refractivity contribution in [1.29, 1.82) is 0 Å². The number of rotatable bonds is 6. The van der Waals surface area contributed by atoms with Gasteiger partial charge in [0.25, 0.3) is 0 Å². The Balaban J connectivity index is 1.71. The molecular weight excluding hydrogens is 264 g/mol. The Labute approximate surface area is 128 Å². The minimum atomic E-state index is -0.0978. The molecule has 4 aliphatic rings. The molecule has 4 nitrogen and oxygen atoms in total. The molecule has 4 rings (SSSR count). The molecule has 4 fully saturated rings. The Bertz CT molecular complexity index is 390. The van der Waals surface area contributed by atoms with E-state index in [1.54, 1.807) is 7.11 Å². The van der Waals surface area contributed by atoms with Gasteiger partial charge in [0.05, 0.1) is 18.1 Å². The highest BCUT2D eigenvalue weighted by Crippen LogP contribution is 2.65. The van der Waals surface area contributed by atoms with E-state index in [0.29, 0.717) is 18.6 Å². The van der Waals surface area contributed by atoms with Crippen molar-refractivity contribution < 1.29 is 9.53 Å². The molecule has 4 bridgehead atoms. The van der Waals surface area contributed by atoms with E-state index in [-0.39, 0.29) is 17.4 Å². The lowest BCUT2D eigenvalue weighted by molar-refractivity contribution is -0.156. The van der Waals surface area contributed by atoms with Crippen LogP contribution < -0.4 is 11.1 Å². The van der Waals surface area contributed by atoms with Crippen molar-refractivity contribution in [3.05, 3.63) is 0 Å². The first-order valence-electron chi connectivity index (χ1n) is 8.49. The second-order valence-electron chi connectivity index (χ2n) is 8.26. The summed E-state index contributed by atoms with van der Waals surface area (Å²) < 4.78 is 5.23. The molecule has 0 aromatic heterocycles. The zero-order valence-electron chi connectivity index (χ0n) is 13.5. The van der Waals surface area contributed by atoms with Crippen LogP contribution in [0.5, 0.6) is 0 Å². The highest BCUT2D eigenvalue weighted by atomic mass is 16.5. The molecule has 0 spiro atoms. The highest BCUT2D eigenvalue weighted by molar-refractivity contribution is 5.83. The van der Waals surface area contributed by atoms with Crippen LogP contribution in [-0.4, -0.2) is 32.2 Å². The van der Waals surface area contributed by atoms with Gasteiger partial charge in [-0.25, -0.2) is 0 Å². The fourth-order valence-electron chi connectivity index (χ4n) is 5.92. The third kappa shape index (κ3) is 2.85. The largest absolute Gasteiger partial charge is 0.383 e. The number of ether oxygens (including phenoxy) is 1. The third-order valence-electron chi connectivity index (χ3n) is 6.05. The summed E-state index contributed by atoms with van der Waals surface area (Å²) >= 11 is 0. The summed E-state index contributed by atoms with van der Waals surface area (Å²) in [7, 11) is 1.68. The predicted octanol–water partition coefficient (Wildman–Crippen LogP) is 2.07. The molecule has 3 N–H and O–H groups in total. The van der Waals surface area contributed by atoms with Crippen LogP contribution >= 0.6 is 0 Å². The van der Waals surface area contributed by atoms with E-state index in [2.05, 4.69) is 12.2 Å². The zero-order chi connectivity index (χ0) is 15.1. The van der Waals surface area contributed by atoms with Gasteiger partial charge >= 0.3 is 0 Å². The van der Waals surface area contributed by atoms with Crippen LogP contribution in [0.3, 0.4) is 0 Å². The van der Waals surface area contributed by atoms with Crippen LogP contribution in [0.15, 0.2) is 0 Å². The topological polar surface area (TPSA) is 64.3 Å². The van der Waals surface area contributed by atoms with E-state index in [4.69, 9.17) is 10.5 Å². The number of carbonyl (C=O) groups excluding carboxylic acids is 1. The molecular formula is C17H30N2O2. The Morgan fingerprint density at radius 1 is 1.33 bits per heavy atom. The summed E-state index contributed by atoms with van der Waals surface area (Å²) in [6, 6.07) is 0.0633. The van der Waals surface area contributed by atoms with Crippen molar-refractivity contribution in [3.63, 3.8) is 0 Å². The van der Waals surface area contributed by atoms with Crippen LogP contribution in [-0.2, 0) is 9.53 Å². The normalized spacial score (nSPS) is 42.0. The first-order chi connectivity index (χ1) is 9.98. The van der Waals surface area contributed by atoms with Crippen molar-refractivity contribution in [2.45, 2.75) is 57.9 Å². The van der Waals surface area contributed by atoms with Crippen LogP contribution in [0.2, 0.25) is 0 Å². The van der Waals surface area contributed by atoms with Gasteiger partial charge < -0.3 is 15.8 Å². The summed E-state index contributed by atoms with van der Waals surface area (Å²) in [4.78, 5) is 13.0. The number of nitrogens with two attached hydrogens (primary N) is 1. The Morgan fingerprint density at radius 3 is 2.52 bits per heavy atom. The molecule has 0 aromatic rings. The maximum absolute atomic E-state index is 13.0. The Morgan fingerprint density at radius 2 is 2.00 bits per heavy atom. The van der Waals surface area contributed by atoms with Gasteiger partial charge in [-0.05, 0) is 68.7 Å². The summed E-state index contributed by atoms with van der Waals surface area (Å²) in [6.45, 7) is 3.55. The average Bonchev–Trinajstić information content (AvgIpc) is 2.36. The molecule has 21 heavy (non-hydrogen) atoms. The van der Waals surface area contributed by atoms with Gasteiger partial charge in [0.2, 0.25) is 5.91 Å². The van der Waals surface area contributed by atoms with Crippen molar-refractivity contribution in [1.82, 2.24) is 5.32 Å². The molecule has 0 saturated heterocycles. The van der Waals surface area contributed by atoms with E-state index in [9.17, 15) is 4.79 Å². The molecule has 0 aliphatic heterocycles. The monoisotopic (exact) mass is 294 g/mol. The Hall–Kier alpha value is -0.610.